The summed E-state index contributed by atoms with van der Waals surface area (Å²) in [5.74, 6) is -0.213. The molecule has 2 heterocycles. The van der Waals surface area contributed by atoms with E-state index >= 15 is 0 Å². The van der Waals surface area contributed by atoms with Gasteiger partial charge in [-0.2, -0.15) is 0 Å². The molecule has 180 valence electrons. The van der Waals surface area contributed by atoms with Crippen LogP contribution >= 0.6 is 57.9 Å². The van der Waals surface area contributed by atoms with E-state index in [1.54, 1.807) is 40.2 Å². The van der Waals surface area contributed by atoms with Gasteiger partial charge in [0.05, 0.1) is 16.8 Å². The number of hydrogen-bond donors (Lipinski definition) is 1. The second-order valence-corrected chi connectivity index (χ2v) is 11.6. The second-order valence-electron chi connectivity index (χ2n) is 8.30. The van der Waals surface area contributed by atoms with Crippen LogP contribution in [0.1, 0.15) is 28.8 Å². The number of hydrogen-bond acceptors (Lipinski definition) is 5. The molecule has 2 aromatic carbocycles. The summed E-state index contributed by atoms with van der Waals surface area (Å²) in [5.41, 5.74) is 2.95. The third-order valence-corrected chi connectivity index (χ3v) is 8.89. The van der Waals surface area contributed by atoms with E-state index in [9.17, 15) is 9.59 Å². The second kappa shape index (κ2) is 10.1. The Labute approximate surface area is 225 Å². The Morgan fingerprint density at radius 1 is 1.14 bits per heavy atom. The summed E-state index contributed by atoms with van der Waals surface area (Å²) in [6.07, 6.45) is 4.05. The maximum Gasteiger partial charge on any atom is 0.267 e. The van der Waals surface area contributed by atoms with Gasteiger partial charge >= 0.3 is 0 Å². The highest BCUT2D eigenvalue weighted by Gasteiger charge is 2.24. The third-order valence-electron chi connectivity index (χ3n) is 5.92. The van der Waals surface area contributed by atoms with Crippen molar-refractivity contribution in [2.45, 2.75) is 37.8 Å². The molecule has 10 heteroatoms. The van der Waals surface area contributed by atoms with E-state index in [0.717, 1.165) is 41.6 Å². The Morgan fingerprint density at radius 2 is 1.89 bits per heavy atom. The van der Waals surface area contributed by atoms with Crippen molar-refractivity contribution in [3.05, 3.63) is 77.8 Å². The van der Waals surface area contributed by atoms with Gasteiger partial charge in [-0.05, 0) is 74.1 Å². The average molecular weight is 565 g/mol. The predicted molar refractivity (Wildman–Crippen MR) is 147 cm³/mol. The number of carbonyl (C=O) groups is 1. The zero-order valence-corrected chi connectivity index (χ0v) is 22.6. The van der Waals surface area contributed by atoms with Crippen LogP contribution in [0.4, 0.5) is 5.69 Å². The van der Waals surface area contributed by atoms with Gasteiger partial charge in [0.25, 0.3) is 5.56 Å². The van der Waals surface area contributed by atoms with Crippen molar-refractivity contribution in [2.75, 3.05) is 11.1 Å². The number of aromatic nitrogens is 2. The van der Waals surface area contributed by atoms with Gasteiger partial charge in [-0.25, -0.2) is 4.98 Å². The van der Waals surface area contributed by atoms with Gasteiger partial charge in [-0.3, -0.25) is 14.2 Å². The highest BCUT2D eigenvalue weighted by atomic mass is 35.5. The SMILES string of the molecule is Cc1c(Cl)cccc1-n1c(SCC(=O)Nc2cc(Cl)cc(Cl)c2)nc2sc3c(c2c1=O)CCCC3. The first-order chi connectivity index (χ1) is 16.8. The number of thioether (sulfide) groups is 1. The minimum Gasteiger partial charge on any atom is -0.325 e. The molecule has 1 N–H and O–H groups in total. The lowest BCUT2D eigenvalue weighted by atomic mass is 9.97. The number of fused-ring (bicyclic) bond motifs is 3. The monoisotopic (exact) mass is 563 g/mol. The van der Waals surface area contributed by atoms with E-state index in [2.05, 4.69) is 5.32 Å². The lowest BCUT2D eigenvalue weighted by Crippen LogP contribution is -2.24. The van der Waals surface area contributed by atoms with E-state index in [-0.39, 0.29) is 17.2 Å². The maximum absolute atomic E-state index is 13.9. The smallest absolute Gasteiger partial charge is 0.267 e. The number of thiophene rings is 1. The van der Waals surface area contributed by atoms with Gasteiger partial charge in [0.15, 0.2) is 5.16 Å². The van der Waals surface area contributed by atoms with Crippen LogP contribution in [0.25, 0.3) is 15.9 Å². The quantitative estimate of drug-likeness (QED) is 0.204. The molecule has 35 heavy (non-hydrogen) atoms. The zero-order chi connectivity index (χ0) is 24.7. The van der Waals surface area contributed by atoms with Crippen molar-refractivity contribution in [3.63, 3.8) is 0 Å². The van der Waals surface area contributed by atoms with Crippen LogP contribution in [0.3, 0.4) is 0 Å². The summed E-state index contributed by atoms with van der Waals surface area (Å²) in [6.45, 7) is 1.88. The number of halogens is 3. The molecule has 0 spiro atoms. The summed E-state index contributed by atoms with van der Waals surface area (Å²) in [4.78, 5) is 33.5. The summed E-state index contributed by atoms with van der Waals surface area (Å²) < 4.78 is 1.60. The Kier molecular flexibility index (Phi) is 7.15. The van der Waals surface area contributed by atoms with E-state index < -0.39 is 0 Å². The molecule has 5 rings (SSSR count). The fourth-order valence-electron chi connectivity index (χ4n) is 4.29. The van der Waals surface area contributed by atoms with Crippen molar-refractivity contribution < 1.29 is 4.79 Å². The molecule has 2 aromatic heterocycles. The van der Waals surface area contributed by atoms with Crippen molar-refractivity contribution in [1.82, 2.24) is 9.55 Å². The van der Waals surface area contributed by atoms with Crippen LogP contribution < -0.4 is 10.9 Å². The number of aryl methyl sites for hydroxylation is 2. The first kappa shape index (κ1) is 24.7. The molecular formula is C25H20Cl3N3O2S2. The van der Waals surface area contributed by atoms with Gasteiger partial charge in [0, 0.05) is 25.6 Å². The van der Waals surface area contributed by atoms with E-state index in [0.29, 0.717) is 37.0 Å². The molecule has 5 nitrogen and oxygen atoms in total. The van der Waals surface area contributed by atoms with Crippen LogP contribution in [0.2, 0.25) is 15.1 Å². The van der Waals surface area contributed by atoms with Gasteiger partial charge in [-0.1, -0.05) is 52.6 Å². The molecule has 0 unspecified atom stereocenters. The molecule has 0 saturated heterocycles. The Morgan fingerprint density at radius 3 is 2.66 bits per heavy atom. The molecule has 1 aliphatic rings. The van der Waals surface area contributed by atoms with E-state index in [1.165, 1.54) is 16.6 Å². The largest absolute Gasteiger partial charge is 0.325 e. The minimum atomic E-state index is -0.262. The molecule has 1 amide bonds. The molecular weight excluding hydrogens is 545 g/mol. The average Bonchev–Trinajstić information content (AvgIpc) is 3.18. The minimum absolute atomic E-state index is 0.0484. The molecule has 1 aliphatic carbocycles. The molecule has 0 saturated carbocycles. The van der Waals surface area contributed by atoms with Gasteiger partial charge in [-0.15, -0.1) is 11.3 Å². The Hall–Kier alpha value is -2.03. The van der Waals surface area contributed by atoms with Gasteiger partial charge < -0.3 is 5.32 Å². The van der Waals surface area contributed by atoms with Crippen molar-refractivity contribution in [3.8, 4) is 5.69 Å². The van der Waals surface area contributed by atoms with Crippen LogP contribution in [-0.4, -0.2) is 21.2 Å². The van der Waals surface area contributed by atoms with Gasteiger partial charge in [0.1, 0.15) is 4.83 Å². The topological polar surface area (TPSA) is 64.0 Å². The summed E-state index contributed by atoms with van der Waals surface area (Å²) in [7, 11) is 0. The first-order valence-corrected chi connectivity index (χ1v) is 14.0. The van der Waals surface area contributed by atoms with Crippen molar-refractivity contribution in [1.29, 1.82) is 0 Å². The first-order valence-electron chi connectivity index (χ1n) is 11.0. The third kappa shape index (κ3) is 4.98. The Bertz CT molecular complexity index is 1510. The lowest BCUT2D eigenvalue weighted by Gasteiger charge is -2.16. The molecule has 0 aliphatic heterocycles. The molecule has 0 atom stereocenters. The fraction of sp³-hybridized carbons (Fsp3) is 0.240. The van der Waals surface area contributed by atoms with Crippen LogP contribution in [0.15, 0.2) is 46.3 Å². The van der Waals surface area contributed by atoms with Crippen molar-refractivity contribution >= 4 is 79.7 Å². The lowest BCUT2D eigenvalue weighted by molar-refractivity contribution is -0.113. The summed E-state index contributed by atoms with van der Waals surface area (Å²) in [6, 6.07) is 10.3. The van der Waals surface area contributed by atoms with E-state index in [4.69, 9.17) is 39.8 Å². The highest BCUT2D eigenvalue weighted by molar-refractivity contribution is 7.99. The zero-order valence-electron chi connectivity index (χ0n) is 18.7. The molecule has 0 bridgehead atoms. The summed E-state index contributed by atoms with van der Waals surface area (Å²) in [5, 5.41) is 5.36. The van der Waals surface area contributed by atoms with Crippen LogP contribution in [0, 0.1) is 6.92 Å². The number of rotatable bonds is 5. The van der Waals surface area contributed by atoms with E-state index in [1.807, 2.05) is 19.1 Å². The number of benzene rings is 2. The standard InChI is InChI=1S/C25H20Cl3N3O2S2/c1-13-18(28)6-4-7-19(13)31-24(33)22-17-5-2-3-8-20(17)35-23(22)30-25(31)34-12-21(32)29-16-10-14(26)9-15(27)11-16/h4,6-7,9-11H,2-3,5,8,12H2,1H3,(H,29,32). The normalized spacial score (nSPS) is 13.1. The number of anilines is 1. The predicted octanol–water partition coefficient (Wildman–Crippen LogP) is 7.33. The highest BCUT2D eigenvalue weighted by Crippen LogP contribution is 2.36. The Balaban J connectivity index is 1.55. The fourth-order valence-corrected chi connectivity index (χ4v) is 7.09. The van der Waals surface area contributed by atoms with Crippen LogP contribution in [0.5, 0.6) is 0 Å². The molecule has 4 aromatic rings. The molecule has 0 radical (unpaired) electrons. The van der Waals surface area contributed by atoms with Gasteiger partial charge in [0.2, 0.25) is 5.91 Å². The summed E-state index contributed by atoms with van der Waals surface area (Å²) >= 11 is 21.3. The number of nitrogens with zero attached hydrogens (tertiary/aromatic N) is 2. The number of carbonyl (C=O) groups excluding carboxylic acids is 1. The van der Waals surface area contributed by atoms with Crippen LogP contribution in [-0.2, 0) is 17.6 Å². The van der Waals surface area contributed by atoms with Crippen molar-refractivity contribution in [2.24, 2.45) is 0 Å². The molecule has 0 fully saturated rings. The number of nitrogens with one attached hydrogen (secondary N) is 1. The maximum atomic E-state index is 13.9. The number of amides is 1.